The van der Waals surface area contributed by atoms with Gasteiger partial charge in [-0.05, 0) is 31.5 Å². The molecule has 1 aliphatic rings. The molecule has 0 aromatic carbocycles. The van der Waals surface area contributed by atoms with Gasteiger partial charge in [0.05, 0.1) is 6.20 Å². The predicted octanol–water partition coefficient (Wildman–Crippen LogP) is 0.726. The molecule has 20 heavy (non-hydrogen) atoms. The highest BCUT2D eigenvalue weighted by Crippen LogP contribution is 2.29. The minimum absolute atomic E-state index is 0.604. The molecule has 6 nitrogen and oxygen atoms in total. The lowest BCUT2D eigenvalue weighted by molar-refractivity contribution is -0.0386. The van der Waals surface area contributed by atoms with Gasteiger partial charge in [-0.1, -0.05) is 6.07 Å². The maximum absolute atomic E-state index is 10.7. The van der Waals surface area contributed by atoms with Crippen LogP contribution in [-0.2, 0) is 12.0 Å². The highest BCUT2D eigenvalue weighted by atomic mass is 16.3. The highest BCUT2D eigenvalue weighted by Gasteiger charge is 2.36. The van der Waals surface area contributed by atoms with Crippen LogP contribution in [0.2, 0.25) is 0 Å². The zero-order valence-corrected chi connectivity index (χ0v) is 11.4. The van der Waals surface area contributed by atoms with Crippen LogP contribution in [0.1, 0.15) is 24.2 Å². The molecule has 1 saturated heterocycles. The standard InChI is InChI=1S/C14H19N5O/c20-14(13-10-16-18-17-13)6-3-8-19(11-14)9-5-12-4-1-2-7-15-12/h1-2,4,7,10,20H,3,5-6,8-9,11H2,(H,16,17,18). The molecule has 2 N–H and O–H groups in total. The summed E-state index contributed by atoms with van der Waals surface area (Å²) in [6.07, 6.45) is 6.03. The molecule has 0 spiro atoms. The second-order valence-corrected chi connectivity index (χ2v) is 5.34. The lowest BCUT2D eigenvalue weighted by Crippen LogP contribution is -2.47. The van der Waals surface area contributed by atoms with Gasteiger partial charge in [0.1, 0.15) is 11.3 Å². The van der Waals surface area contributed by atoms with Crippen molar-refractivity contribution in [2.45, 2.75) is 24.9 Å². The molecule has 1 atom stereocenters. The summed E-state index contributed by atoms with van der Waals surface area (Å²) < 4.78 is 0. The lowest BCUT2D eigenvalue weighted by atomic mass is 9.90. The minimum atomic E-state index is -0.880. The Bertz CT molecular complexity index is 530. The Hall–Kier alpha value is -1.79. The average molecular weight is 273 g/mol. The Balaban J connectivity index is 1.61. The van der Waals surface area contributed by atoms with E-state index < -0.39 is 5.60 Å². The van der Waals surface area contributed by atoms with Crippen molar-refractivity contribution in [3.05, 3.63) is 42.0 Å². The van der Waals surface area contributed by atoms with Crippen molar-refractivity contribution in [2.75, 3.05) is 19.6 Å². The number of H-pyrrole nitrogens is 1. The first-order valence-corrected chi connectivity index (χ1v) is 6.97. The van der Waals surface area contributed by atoms with E-state index in [1.807, 2.05) is 24.4 Å². The zero-order chi connectivity index (χ0) is 13.8. The van der Waals surface area contributed by atoms with E-state index in [1.54, 1.807) is 6.20 Å². The third-order valence-electron chi connectivity index (χ3n) is 3.85. The minimum Gasteiger partial charge on any atom is -0.382 e. The number of hydrogen-bond donors (Lipinski definition) is 2. The maximum Gasteiger partial charge on any atom is 0.123 e. The topological polar surface area (TPSA) is 77.9 Å². The quantitative estimate of drug-likeness (QED) is 0.858. The maximum atomic E-state index is 10.7. The molecule has 106 valence electrons. The molecule has 0 bridgehead atoms. The molecule has 0 radical (unpaired) electrons. The number of pyridine rings is 1. The van der Waals surface area contributed by atoms with Crippen molar-refractivity contribution in [1.82, 2.24) is 25.3 Å². The highest BCUT2D eigenvalue weighted by molar-refractivity contribution is 5.09. The van der Waals surface area contributed by atoms with Crippen LogP contribution in [0.25, 0.3) is 0 Å². The first kappa shape index (κ1) is 13.2. The van der Waals surface area contributed by atoms with Crippen molar-refractivity contribution < 1.29 is 5.11 Å². The van der Waals surface area contributed by atoms with Gasteiger partial charge in [0.15, 0.2) is 0 Å². The summed E-state index contributed by atoms with van der Waals surface area (Å²) in [4.78, 5) is 6.60. The molecule has 2 aromatic heterocycles. The number of nitrogens with zero attached hydrogens (tertiary/aromatic N) is 4. The Kier molecular flexibility index (Phi) is 3.75. The summed E-state index contributed by atoms with van der Waals surface area (Å²) in [7, 11) is 0. The van der Waals surface area contributed by atoms with Crippen LogP contribution in [0, 0.1) is 0 Å². The number of nitrogens with one attached hydrogen (secondary N) is 1. The molecule has 1 fully saturated rings. The normalized spacial score (nSPS) is 23.9. The molecule has 2 aromatic rings. The van der Waals surface area contributed by atoms with Gasteiger partial charge in [-0.3, -0.25) is 9.88 Å². The molecule has 0 saturated carbocycles. The van der Waals surface area contributed by atoms with Crippen molar-refractivity contribution in [3.8, 4) is 0 Å². The zero-order valence-electron chi connectivity index (χ0n) is 11.4. The molecule has 0 aliphatic carbocycles. The van der Waals surface area contributed by atoms with E-state index in [9.17, 15) is 5.11 Å². The lowest BCUT2D eigenvalue weighted by Gasteiger charge is -2.37. The summed E-state index contributed by atoms with van der Waals surface area (Å²) in [6, 6.07) is 5.96. The fourth-order valence-electron chi connectivity index (χ4n) is 2.77. The van der Waals surface area contributed by atoms with E-state index in [1.165, 1.54) is 0 Å². The second kappa shape index (κ2) is 5.68. The molecule has 0 amide bonds. The van der Waals surface area contributed by atoms with E-state index in [2.05, 4.69) is 25.3 Å². The Labute approximate surface area is 117 Å². The summed E-state index contributed by atoms with van der Waals surface area (Å²) in [5.74, 6) is 0. The summed E-state index contributed by atoms with van der Waals surface area (Å²) in [6.45, 7) is 2.51. The smallest absolute Gasteiger partial charge is 0.123 e. The van der Waals surface area contributed by atoms with E-state index in [0.717, 1.165) is 38.0 Å². The van der Waals surface area contributed by atoms with Crippen molar-refractivity contribution in [1.29, 1.82) is 0 Å². The number of β-amino-alcohol motifs (C(OH)–C–C–N with tert-alkyl or cyclic N) is 1. The van der Waals surface area contributed by atoms with Gasteiger partial charge in [-0.2, -0.15) is 15.4 Å². The van der Waals surface area contributed by atoms with Crippen molar-refractivity contribution in [3.63, 3.8) is 0 Å². The van der Waals surface area contributed by atoms with Gasteiger partial charge < -0.3 is 5.11 Å². The SMILES string of the molecule is OC1(c2cn[nH]n2)CCCN(CCc2ccccn2)C1. The monoisotopic (exact) mass is 273 g/mol. The molecule has 6 heteroatoms. The Morgan fingerprint density at radius 3 is 3.10 bits per heavy atom. The summed E-state index contributed by atoms with van der Waals surface area (Å²) in [5, 5.41) is 21.1. The van der Waals surface area contributed by atoms with Crippen LogP contribution in [0.5, 0.6) is 0 Å². The largest absolute Gasteiger partial charge is 0.382 e. The van der Waals surface area contributed by atoms with Gasteiger partial charge in [-0.15, -0.1) is 0 Å². The first-order valence-electron chi connectivity index (χ1n) is 6.97. The molecule has 3 rings (SSSR count). The van der Waals surface area contributed by atoms with Crippen LogP contribution in [0.15, 0.2) is 30.6 Å². The Morgan fingerprint density at radius 2 is 2.35 bits per heavy atom. The van der Waals surface area contributed by atoms with Crippen LogP contribution >= 0.6 is 0 Å². The molecule has 3 heterocycles. The number of likely N-dealkylation sites (tertiary alicyclic amines) is 1. The predicted molar refractivity (Wildman–Crippen MR) is 73.9 cm³/mol. The fraction of sp³-hybridized carbons (Fsp3) is 0.500. The third-order valence-corrected chi connectivity index (χ3v) is 3.85. The van der Waals surface area contributed by atoms with E-state index in [-0.39, 0.29) is 0 Å². The molecule has 1 unspecified atom stereocenters. The third kappa shape index (κ3) is 2.86. The second-order valence-electron chi connectivity index (χ2n) is 5.34. The van der Waals surface area contributed by atoms with Crippen molar-refractivity contribution >= 4 is 0 Å². The number of aliphatic hydroxyl groups is 1. The first-order chi connectivity index (χ1) is 9.76. The average Bonchev–Trinajstić information content (AvgIpc) is 3.01. The number of rotatable bonds is 4. The van der Waals surface area contributed by atoms with Gasteiger partial charge in [0, 0.05) is 31.4 Å². The van der Waals surface area contributed by atoms with Gasteiger partial charge in [0.25, 0.3) is 0 Å². The van der Waals surface area contributed by atoms with Crippen LogP contribution in [0.4, 0.5) is 0 Å². The molecular formula is C14H19N5O. The molecular weight excluding hydrogens is 254 g/mol. The molecule has 1 aliphatic heterocycles. The van der Waals surface area contributed by atoms with Gasteiger partial charge >= 0.3 is 0 Å². The van der Waals surface area contributed by atoms with E-state index in [4.69, 9.17) is 0 Å². The van der Waals surface area contributed by atoms with Crippen LogP contribution < -0.4 is 0 Å². The van der Waals surface area contributed by atoms with E-state index >= 15 is 0 Å². The van der Waals surface area contributed by atoms with Crippen LogP contribution in [-0.4, -0.2) is 50.0 Å². The number of aromatic amines is 1. The number of piperidine rings is 1. The van der Waals surface area contributed by atoms with E-state index in [0.29, 0.717) is 12.2 Å². The van der Waals surface area contributed by atoms with Gasteiger partial charge in [-0.25, -0.2) is 0 Å². The summed E-state index contributed by atoms with van der Waals surface area (Å²) >= 11 is 0. The number of aromatic nitrogens is 4. The van der Waals surface area contributed by atoms with Gasteiger partial charge in [0.2, 0.25) is 0 Å². The number of hydrogen-bond acceptors (Lipinski definition) is 5. The summed E-state index contributed by atoms with van der Waals surface area (Å²) in [5.41, 5.74) is 0.845. The van der Waals surface area contributed by atoms with Crippen LogP contribution in [0.3, 0.4) is 0 Å². The fourth-order valence-corrected chi connectivity index (χ4v) is 2.77. The van der Waals surface area contributed by atoms with Crippen molar-refractivity contribution in [2.24, 2.45) is 0 Å². The Morgan fingerprint density at radius 1 is 1.40 bits per heavy atom.